The average molecular weight is 1040 g/mol. The van der Waals surface area contributed by atoms with Crippen molar-refractivity contribution < 1.29 is 106 Å². The minimum absolute atomic E-state index is 0. The van der Waals surface area contributed by atoms with E-state index in [0.29, 0.717) is 6.42 Å². The second-order valence-electron chi connectivity index (χ2n) is 17.7. The molecule has 0 saturated carbocycles. The van der Waals surface area contributed by atoms with Crippen molar-refractivity contribution in [1.29, 1.82) is 0 Å². The minimum Gasteiger partial charge on any atom is -0.756 e. The van der Waals surface area contributed by atoms with Crippen LogP contribution in [0.1, 0.15) is 219 Å². The summed E-state index contributed by atoms with van der Waals surface area (Å²) in [7, 11) is -11.2. The predicted octanol–water partition coefficient (Wildman–Crippen LogP) is 5.89. The van der Waals surface area contributed by atoms with Gasteiger partial charge in [-0.25, -0.2) is 9.11 Å². The van der Waals surface area contributed by atoms with E-state index in [1.807, 2.05) is 0 Å². The van der Waals surface area contributed by atoms with Gasteiger partial charge in [0.15, 0.2) is 0 Å². The molecular weight excluding hydrogens is 955 g/mol. The van der Waals surface area contributed by atoms with Crippen LogP contribution >= 0.6 is 27.4 Å². The van der Waals surface area contributed by atoms with Crippen LogP contribution in [-0.2, 0) is 36.8 Å². The van der Waals surface area contributed by atoms with E-state index >= 15 is 0 Å². The number of hydrogen-bond acceptors (Lipinski definition) is 14. The molecule has 2 heterocycles. The fourth-order valence-corrected chi connectivity index (χ4v) is 11.0. The van der Waals surface area contributed by atoms with Gasteiger partial charge in [0, 0.05) is 35.8 Å². The van der Waals surface area contributed by atoms with Crippen molar-refractivity contribution in [3.63, 3.8) is 0 Å². The summed E-state index contributed by atoms with van der Waals surface area (Å²) in [5.74, 6) is 0.537. The number of azide groups is 1. The van der Waals surface area contributed by atoms with E-state index in [2.05, 4.69) is 33.2 Å². The van der Waals surface area contributed by atoms with Gasteiger partial charge in [0.2, 0.25) is 0 Å². The first-order valence-corrected chi connectivity index (χ1v) is 29.4. The Balaban J connectivity index is 0.0000224. The number of nitrogens with one attached hydrogen (secondary N) is 1. The first-order chi connectivity index (χ1) is 31.9. The predicted molar refractivity (Wildman–Crippen MR) is 258 cm³/mol. The maximum absolute atomic E-state index is 12.9. The van der Waals surface area contributed by atoms with E-state index in [-0.39, 0.29) is 77.7 Å². The van der Waals surface area contributed by atoms with E-state index < -0.39 is 70.6 Å². The number of esters is 1. The molecule has 382 valence electrons. The van der Waals surface area contributed by atoms with Gasteiger partial charge in [-0.2, -0.15) is 11.8 Å². The number of hydrogen-bond donors (Lipinski definition) is 1. The molecule has 1 N–H and O–H groups in total. The topological polar surface area (TPSA) is 247 Å². The summed E-state index contributed by atoms with van der Waals surface area (Å²) in [6.07, 6.45) is 33.5. The molecule has 0 radical (unpaired) electrons. The Bertz CT molecular complexity index is 1700. The molecule has 1 aromatic heterocycles. The molecule has 0 amide bonds. The molecule has 1 aliphatic heterocycles. The van der Waals surface area contributed by atoms with Crippen molar-refractivity contribution in [3.05, 3.63) is 43.5 Å². The van der Waals surface area contributed by atoms with Gasteiger partial charge in [-0.15, -0.1) is 0 Å². The number of nitrogens with zero attached hydrogens (tertiary/aromatic N) is 4. The first-order valence-electron chi connectivity index (χ1n) is 25.3. The number of carbonyl (C=O) groups excluding carboxylic acids is 1. The number of ether oxygens (including phenoxy) is 2. The number of unbranched alkanes of at least 4 members (excludes halogenated alkanes) is 27. The zero-order valence-corrected chi connectivity index (χ0v) is 48.8. The van der Waals surface area contributed by atoms with Gasteiger partial charge in [-0.1, -0.05) is 192 Å². The number of aromatic nitrogens is 2. The molecule has 1 fully saturated rings. The van der Waals surface area contributed by atoms with Crippen LogP contribution in [0, 0.1) is 0 Å². The van der Waals surface area contributed by atoms with Gasteiger partial charge in [-0.05, 0) is 24.1 Å². The van der Waals surface area contributed by atoms with Crippen LogP contribution in [0.3, 0.4) is 0 Å². The van der Waals surface area contributed by atoms with Crippen LogP contribution in [0.5, 0.6) is 0 Å². The molecule has 0 spiro atoms. The van der Waals surface area contributed by atoms with Crippen molar-refractivity contribution in [3.8, 4) is 0 Å². The summed E-state index contributed by atoms with van der Waals surface area (Å²) in [5.41, 5.74) is 7.56. The van der Waals surface area contributed by atoms with E-state index in [1.54, 1.807) is 0 Å². The van der Waals surface area contributed by atoms with Gasteiger partial charge < -0.3 is 28.3 Å². The average Bonchev–Trinajstić information content (AvgIpc) is 3.67. The van der Waals surface area contributed by atoms with Crippen LogP contribution < -0.4 is 80.2 Å². The molecular formula is C46H83N5Na2O12P2S. The van der Waals surface area contributed by atoms with Gasteiger partial charge in [-0.3, -0.25) is 28.3 Å². The third-order valence-electron chi connectivity index (χ3n) is 11.8. The maximum atomic E-state index is 12.9. The van der Waals surface area contributed by atoms with Gasteiger partial charge in [0.25, 0.3) is 21.2 Å². The van der Waals surface area contributed by atoms with Gasteiger partial charge in [0.05, 0.1) is 25.4 Å². The van der Waals surface area contributed by atoms with Crippen molar-refractivity contribution in [2.75, 3.05) is 24.7 Å². The number of phosphoric acid groups is 2. The Kier molecular flexibility index (Phi) is 43.5. The molecule has 1 aromatic rings. The minimum atomic E-state index is -5.60. The number of rotatable bonds is 44. The smallest absolute Gasteiger partial charge is 0.756 e. The summed E-state index contributed by atoms with van der Waals surface area (Å²) in [6.45, 7) is 3.00. The monoisotopic (exact) mass is 1040 g/mol. The van der Waals surface area contributed by atoms with Crippen LogP contribution in [0.2, 0.25) is 0 Å². The SMILES string of the molecule is CCCCCCCCCCCCCCCCCCSCC(COP(=O)([O-])OP(=O)([O-])OC[C@H]1O[C@@H](n2ccc(=O)[nH]c2=O)CC1N=[N+]=[N-])OC(=O)CCCCCCCCCCCCCCC.[Na+].[Na+]. The molecule has 22 heteroatoms. The van der Waals surface area contributed by atoms with E-state index in [0.717, 1.165) is 54.9 Å². The Morgan fingerprint density at radius 2 is 1.24 bits per heavy atom. The molecule has 4 unspecified atom stereocenters. The van der Waals surface area contributed by atoms with Crippen molar-refractivity contribution in [2.45, 2.75) is 237 Å². The third kappa shape index (κ3) is 35.2. The number of H-pyrrole nitrogens is 1. The molecule has 2 rings (SSSR count). The quantitative estimate of drug-likeness (QED) is 0.0153. The largest absolute Gasteiger partial charge is 1.00 e. The third-order valence-corrected chi connectivity index (χ3v) is 15.5. The van der Waals surface area contributed by atoms with Crippen molar-refractivity contribution in [2.24, 2.45) is 5.11 Å². The number of thioether (sulfide) groups is 1. The van der Waals surface area contributed by atoms with Crippen molar-refractivity contribution in [1.82, 2.24) is 9.55 Å². The second-order valence-corrected chi connectivity index (χ2v) is 21.8. The summed E-state index contributed by atoms with van der Waals surface area (Å²) in [4.78, 5) is 66.8. The zero-order chi connectivity index (χ0) is 48.1. The zero-order valence-electron chi connectivity index (χ0n) is 42.2. The number of phosphoric ester groups is 2. The van der Waals surface area contributed by atoms with E-state index in [9.17, 15) is 33.3 Å². The second kappa shape index (κ2) is 43.4. The fraction of sp³-hybridized carbons (Fsp3) is 0.891. The van der Waals surface area contributed by atoms with Gasteiger partial charge in [0.1, 0.15) is 12.3 Å². The molecule has 68 heavy (non-hydrogen) atoms. The fourth-order valence-electron chi connectivity index (χ4n) is 8.00. The molecule has 1 saturated heterocycles. The molecule has 0 aliphatic carbocycles. The molecule has 6 atom stereocenters. The standard InChI is InChI=1S/C46H85N5O12P2S.2Na/c1-3-5-7-9-11-13-15-17-18-19-21-23-25-27-29-31-35-66-39-40(61-45(53)32-30-28-26-24-22-20-16-14-12-10-8-6-4-2)37-59-64(55,56)63-65(57,58)60-38-42-41(49-50-47)36-44(62-42)51-34-33-43(52)48-46(51)54;;/h33-34,40-42,44H,3-32,35-39H2,1-2H3,(H,55,56)(H,57,58)(H,48,52,54);;/q;2*+1/p-2/t40?,41?,42-,44-;;/m1../s1. The maximum Gasteiger partial charge on any atom is 1.00 e. The molecule has 0 bridgehead atoms. The normalized spacial score (nSPS) is 17.9. The van der Waals surface area contributed by atoms with Crippen LogP contribution in [0.4, 0.5) is 0 Å². The van der Waals surface area contributed by atoms with Crippen LogP contribution in [0.15, 0.2) is 27.0 Å². The Morgan fingerprint density at radius 3 is 1.71 bits per heavy atom. The Hall–Kier alpha value is 0.0300. The van der Waals surface area contributed by atoms with E-state index in [1.165, 1.54) is 159 Å². The van der Waals surface area contributed by atoms with E-state index in [4.69, 9.17) is 24.1 Å². The van der Waals surface area contributed by atoms with Gasteiger partial charge >= 0.3 is 70.8 Å². The molecule has 0 aromatic carbocycles. The Labute approximate surface area is 455 Å². The molecule has 17 nitrogen and oxygen atoms in total. The summed E-state index contributed by atoms with van der Waals surface area (Å²) in [5, 5.41) is 3.57. The summed E-state index contributed by atoms with van der Waals surface area (Å²) < 4.78 is 51.9. The summed E-state index contributed by atoms with van der Waals surface area (Å²) >= 11 is 1.51. The first kappa shape index (κ1) is 68.0. The number of carbonyl (C=O) groups is 1. The van der Waals surface area contributed by atoms with Crippen LogP contribution in [-0.4, -0.2) is 58.5 Å². The van der Waals surface area contributed by atoms with Crippen LogP contribution in [0.25, 0.3) is 10.4 Å². The Morgan fingerprint density at radius 1 is 0.779 bits per heavy atom. The summed E-state index contributed by atoms with van der Waals surface area (Å²) in [6, 6.07) is 0.0657. The molecule has 1 aliphatic rings. The number of aromatic amines is 1. The van der Waals surface area contributed by atoms with Crippen molar-refractivity contribution >= 4 is 33.4 Å².